The smallest absolute Gasteiger partial charge is 0.224 e. The molecule has 0 saturated carbocycles. The van der Waals surface area contributed by atoms with E-state index in [1.807, 2.05) is 33.8 Å². The van der Waals surface area contributed by atoms with Crippen molar-refractivity contribution in [3.8, 4) is 0 Å². The van der Waals surface area contributed by atoms with Crippen LogP contribution < -0.4 is 10.6 Å². The van der Waals surface area contributed by atoms with E-state index in [2.05, 4.69) is 20.6 Å². The first kappa shape index (κ1) is 13.7. The number of nitrogens with zero attached hydrogens (tertiary/aromatic N) is 2. The predicted molar refractivity (Wildman–Crippen MR) is 70.3 cm³/mol. The molecule has 17 heavy (non-hydrogen) atoms. The summed E-state index contributed by atoms with van der Waals surface area (Å²) in [5.74, 6) is 1.62. The van der Waals surface area contributed by atoms with Gasteiger partial charge in [0.05, 0.1) is 0 Å². The van der Waals surface area contributed by atoms with Gasteiger partial charge in [0.1, 0.15) is 5.82 Å². The fourth-order valence-corrected chi connectivity index (χ4v) is 1.41. The molecule has 1 heterocycles. The van der Waals surface area contributed by atoms with Crippen LogP contribution in [0.4, 0.5) is 11.8 Å². The molecule has 0 saturated heterocycles. The van der Waals surface area contributed by atoms with Gasteiger partial charge >= 0.3 is 0 Å². The summed E-state index contributed by atoms with van der Waals surface area (Å²) in [6, 6.07) is 2.07. The zero-order valence-corrected chi connectivity index (χ0v) is 11.0. The average molecular weight is 238 g/mol. The highest BCUT2D eigenvalue weighted by Gasteiger charge is 2.12. The molecule has 0 fully saturated rings. The van der Waals surface area contributed by atoms with Crippen molar-refractivity contribution < 1.29 is 5.11 Å². The van der Waals surface area contributed by atoms with Crippen molar-refractivity contribution in [2.24, 2.45) is 5.92 Å². The average Bonchev–Trinajstić information content (AvgIpc) is 2.27. The number of nitrogens with one attached hydrogen (secondary N) is 2. The van der Waals surface area contributed by atoms with Crippen molar-refractivity contribution in [1.29, 1.82) is 0 Å². The van der Waals surface area contributed by atoms with E-state index >= 15 is 0 Å². The summed E-state index contributed by atoms with van der Waals surface area (Å²) in [6.07, 6.45) is 0. The van der Waals surface area contributed by atoms with Crippen molar-refractivity contribution in [1.82, 2.24) is 9.97 Å². The summed E-state index contributed by atoms with van der Waals surface area (Å²) in [4.78, 5) is 8.65. The largest absolute Gasteiger partial charge is 0.396 e. The molecule has 2 atom stereocenters. The van der Waals surface area contributed by atoms with Gasteiger partial charge in [0.2, 0.25) is 5.95 Å². The van der Waals surface area contributed by atoms with Crippen LogP contribution in [0.25, 0.3) is 0 Å². The van der Waals surface area contributed by atoms with Crippen molar-refractivity contribution in [2.75, 3.05) is 23.8 Å². The lowest BCUT2D eigenvalue weighted by atomic mass is 10.1. The highest BCUT2D eigenvalue weighted by Crippen LogP contribution is 2.13. The Hall–Kier alpha value is -1.36. The lowest BCUT2D eigenvalue weighted by Crippen LogP contribution is -2.27. The highest BCUT2D eigenvalue weighted by atomic mass is 16.3. The number of hydrogen-bond acceptors (Lipinski definition) is 5. The summed E-state index contributed by atoms with van der Waals surface area (Å²) < 4.78 is 0. The molecule has 0 bridgehead atoms. The molecule has 0 aliphatic heterocycles. The van der Waals surface area contributed by atoms with Crippen LogP contribution in [0.1, 0.15) is 26.5 Å². The third-order valence-corrected chi connectivity index (χ3v) is 2.71. The van der Waals surface area contributed by atoms with Crippen LogP contribution in [0.3, 0.4) is 0 Å². The fourth-order valence-electron chi connectivity index (χ4n) is 1.41. The summed E-state index contributed by atoms with van der Waals surface area (Å²) in [5, 5.41) is 15.5. The molecule has 0 spiro atoms. The quantitative estimate of drug-likeness (QED) is 0.703. The van der Waals surface area contributed by atoms with Crippen molar-refractivity contribution >= 4 is 11.8 Å². The minimum atomic E-state index is 0.165. The fraction of sp³-hybridized carbons (Fsp3) is 0.667. The van der Waals surface area contributed by atoms with Crippen LogP contribution in [0.2, 0.25) is 0 Å². The Kier molecular flexibility index (Phi) is 5.15. The third kappa shape index (κ3) is 4.19. The molecule has 0 aliphatic carbocycles. The van der Waals surface area contributed by atoms with E-state index in [1.54, 1.807) is 0 Å². The van der Waals surface area contributed by atoms with Crippen LogP contribution in [-0.4, -0.2) is 34.3 Å². The van der Waals surface area contributed by atoms with Crippen molar-refractivity contribution in [3.05, 3.63) is 11.8 Å². The first-order valence-electron chi connectivity index (χ1n) is 6.03. The number of hydrogen-bond donors (Lipinski definition) is 3. The van der Waals surface area contributed by atoms with Gasteiger partial charge in [0, 0.05) is 31.0 Å². The van der Waals surface area contributed by atoms with E-state index in [-0.39, 0.29) is 18.6 Å². The Morgan fingerprint density at radius 2 is 2.06 bits per heavy atom. The maximum absolute atomic E-state index is 9.09. The first-order valence-corrected chi connectivity index (χ1v) is 6.03. The van der Waals surface area contributed by atoms with Gasteiger partial charge in [-0.05, 0) is 26.7 Å². The van der Waals surface area contributed by atoms with Crippen LogP contribution in [0.15, 0.2) is 6.07 Å². The molecular formula is C12H22N4O. The molecular weight excluding hydrogens is 216 g/mol. The molecule has 3 N–H and O–H groups in total. The predicted octanol–water partition coefficient (Wildman–Crippen LogP) is 1.65. The van der Waals surface area contributed by atoms with Gasteiger partial charge in [0.25, 0.3) is 0 Å². The first-order chi connectivity index (χ1) is 8.06. The maximum Gasteiger partial charge on any atom is 0.224 e. The van der Waals surface area contributed by atoms with Crippen LogP contribution in [0.5, 0.6) is 0 Å². The van der Waals surface area contributed by atoms with E-state index < -0.39 is 0 Å². The summed E-state index contributed by atoms with van der Waals surface area (Å²) >= 11 is 0. The Morgan fingerprint density at radius 1 is 1.35 bits per heavy atom. The highest BCUT2D eigenvalue weighted by molar-refractivity contribution is 5.42. The second-order valence-corrected chi connectivity index (χ2v) is 4.34. The van der Waals surface area contributed by atoms with Gasteiger partial charge in [-0.1, -0.05) is 6.92 Å². The molecule has 1 aromatic heterocycles. The van der Waals surface area contributed by atoms with E-state index in [9.17, 15) is 0 Å². The minimum absolute atomic E-state index is 0.165. The van der Waals surface area contributed by atoms with Gasteiger partial charge in [-0.3, -0.25) is 0 Å². The topological polar surface area (TPSA) is 70.1 Å². The standard InChI is InChI=1S/C12H22N4O/c1-5-13-12-14-9(3)6-11(16-12)15-10(4)8(2)7-17/h6,8,10,17H,5,7H2,1-4H3,(H2,13,14,15,16). The second kappa shape index (κ2) is 6.39. The molecule has 0 aromatic carbocycles. The zero-order chi connectivity index (χ0) is 12.8. The molecule has 2 unspecified atom stereocenters. The van der Waals surface area contributed by atoms with E-state index in [1.165, 1.54) is 0 Å². The molecule has 1 rings (SSSR count). The van der Waals surface area contributed by atoms with Crippen molar-refractivity contribution in [3.63, 3.8) is 0 Å². The molecule has 5 nitrogen and oxygen atoms in total. The summed E-state index contributed by atoms with van der Waals surface area (Å²) in [6.45, 7) is 8.94. The number of aliphatic hydroxyl groups is 1. The van der Waals surface area contributed by atoms with Crippen LogP contribution in [-0.2, 0) is 0 Å². The van der Waals surface area contributed by atoms with Crippen LogP contribution in [0, 0.1) is 12.8 Å². The zero-order valence-electron chi connectivity index (χ0n) is 11.0. The number of aryl methyl sites for hydroxylation is 1. The number of aromatic nitrogens is 2. The number of anilines is 2. The van der Waals surface area contributed by atoms with Gasteiger partial charge < -0.3 is 15.7 Å². The van der Waals surface area contributed by atoms with Crippen LogP contribution >= 0.6 is 0 Å². The van der Waals surface area contributed by atoms with Gasteiger partial charge in [0.15, 0.2) is 0 Å². The Morgan fingerprint density at radius 3 is 2.65 bits per heavy atom. The maximum atomic E-state index is 9.09. The monoisotopic (exact) mass is 238 g/mol. The minimum Gasteiger partial charge on any atom is -0.396 e. The van der Waals surface area contributed by atoms with E-state index in [0.717, 1.165) is 18.1 Å². The number of rotatable bonds is 6. The third-order valence-electron chi connectivity index (χ3n) is 2.71. The second-order valence-electron chi connectivity index (χ2n) is 4.34. The number of aliphatic hydroxyl groups excluding tert-OH is 1. The normalized spacial score (nSPS) is 14.2. The molecule has 1 aromatic rings. The molecule has 96 valence electrons. The molecule has 0 amide bonds. The van der Waals surface area contributed by atoms with E-state index in [0.29, 0.717) is 5.95 Å². The lowest BCUT2D eigenvalue weighted by Gasteiger charge is -2.20. The Balaban J connectivity index is 2.76. The lowest BCUT2D eigenvalue weighted by molar-refractivity contribution is 0.226. The summed E-state index contributed by atoms with van der Waals surface area (Å²) in [7, 11) is 0. The van der Waals surface area contributed by atoms with E-state index in [4.69, 9.17) is 5.11 Å². The Labute approximate surface area is 103 Å². The van der Waals surface area contributed by atoms with Gasteiger partial charge in [-0.25, -0.2) is 4.98 Å². The van der Waals surface area contributed by atoms with Gasteiger partial charge in [-0.15, -0.1) is 0 Å². The van der Waals surface area contributed by atoms with Gasteiger partial charge in [-0.2, -0.15) is 4.98 Å². The Bertz CT molecular complexity index is 356. The van der Waals surface area contributed by atoms with Crippen molar-refractivity contribution in [2.45, 2.75) is 33.7 Å². The summed E-state index contributed by atoms with van der Waals surface area (Å²) in [5.41, 5.74) is 0.919. The molecule has 5 heteroatoms. The SMILES string of the molecule is CCNc1nc(C)cc(NC(C)C(C)CO)n1. The molecule has 0 radical (unpaired) electrons. The molecule has 0 aliphatic rings.